The summed E-state index contributed by atoms with van der Waals surface area (Å²) in [5.41, 5.74) is 0.864. The molecule has 0 aliphatic heterocycles. The van der Waals surface area contributed by atoms with Crippen molar-refractivity contribution in [3.63, 3.8) is 0 Å². The van der Waals surface area contributed by atoms with Crippen molar-refractivity contribution in [2.75, 3.05) is 12.9 Å². The van der Waals surface area contributed by atoms with E-state index in [1.807, 2.05) is 6.92 Å². The molecule has 0 unspecified atom stereocenters. The number of hydrogen-bond acceptors (Lipinski definition) is 5. The van der Waals surface area contributed by atoms with Crippen LogP contribution in [0.15, 0.2) is 41.6 Å². The molecule has 2 rings (SSSR count). The van der Waals surface area contributed by atoms with Crippen molar-refractivity contribution >= 4 is 15.8 Å². The molecule has 7 heteroatoms. The SMILES string of the molecule is CCCOc1cncc(-c2ccc(C(=O)O)cc2S(C)(=O)=O)c1. The lowest BCUT2D eigenvalue weighted by Crippen LogP contribution is -2.04. The Morgan fingerprint density at radius 3 is 2.61 bits per heavy atom. The highest BCUT2D eigenvalue weighted by atomic mass is 32.2. The lowest BCUT2D eigenvalue weighted by atomic mass is 10.1. The summed E-state index contributed by atoms with van der Waals surface area (Å²) in [7, 11) is -3.60. The van der Waals surface area contributed by atoms with Gasteiger partial charge < -0.3 is 9.84 Å². The van der Waals surface area contributed by atoms with E-state index < -0.39 is 15.8 Å². The van der Waals surface area contributed by atoms with Crippen LogP contribution < -0.4 is 4.74 Å². The van der Waals surface area contributed by atoms with Crippen molar-refractivity contribution in [3.05, 3.63) is 42.2 Å². The maximum absolute atomic E-state index is 12.0. The van der Waals surface area contributed by atoms with E-state index >= 15 is 0 Å². The molecule has 2 aromatic rings. The molecule has 0 aliphatic rings. The van der Waals surface area contributed by atoms with Gasteiger partial charge in [-0.15, -0.1) is 0 Å². The van der Waals surface area contributed by atoms with Crippen LogP contribution in [0.5, 0.6) is 5.75 Å². The Morgan fingerprint density at radius 1 is 1.26 bits per heavy atom. The summed E-state index contributed by atoms with van der Waals surface area (Å²) in [6.45, 7) is 2.51. The summed E-state index contributed by atoms with van der Waals surface area (Å²) in [4.78, 5) is 15.1. The number of ether oxygens (including phenoxy) is 1. The first-order valence-corrected chi connectivity index (χ1v) is 8.87. The molecule has 0 saturated carbocycles. The van der Waals surface area contributed by atoms with Gasteiger partial charge >= 0.3 is 5.97 Å². The molecule has 1 N–H and O–H groups in total. The predicted molar refractivity (Wildman–Crippen MR) is 85.5 cm³/mol. The number of carboxylic acid groups (broad SMARTS) is 1. The topological polar surface area (TPSA) is 93.6 Å². The maximum Gasteiger partial charge on any atom is 0.335 e. The second kappa shape index (κ2) is 6.78. The highest BCUT2D eigenvalue weighted by molar-refractivity contribution is 7.90. The molecule has 0 fully saturated rings. The van der Waals surface area contributed by atoms with Crippen LogP contribution in [-0.4, -0.2) is 37.3 Å². The number of hydrogen-bond donors (Lipinski definition) is 1. The lowest BCUT2D eigenvalue weighted by molar-refractivity contribution is 0.0696. The van der Waals surface area contributed by atoms with E-state index in [4.69, 9.17) is 9.84 Å². The number of rotatable bonds is 6. The fourth-order valence-corrected chi connectivity index (χ4v) is 2.99. The van der Waals surface area contributed by atoms with Crippen LogP contribution in [0.4, 0.5) is 0 Å². The number of sulfone groups is 1. The highest BCUT2D eigenvalue weighted by Gasteiger charge is 2.18. The average molecular weight is 335 g/mol. The molecule has 0 aliphatic carbocycles. The fraction of sp³-hybridized carbons (Fsp3) is 0.250. The lowest BCUT2D eigenvalue weighted by Gasteiger charge is -2.11. The molecule has 0 bridgehead atoms. The monoisotopic (exact) mass is 335 g/mol. The first-order valence-electron chi connectivity index (χ1n) is 6.98. The molecule has 0 amide bonds. The first kappa shape index (κ1) is 17.0. The molecule has 1 aromatic heterocycles. The van der Waals surface area contributed by atoms with Crippen LogP contribution in [0, 0.1) is 0 Å². The van der Waals surface area contributed by atoms with E-state index in [1.54, 1.807) is 12.3 Å². The number of pyridine rings is 1. The van der Waals surface area contributed by atoms with Crippen molar-refractivity contribution in [3.8, 4) is 16.9 Å². The van der Waals surface area contributed by atoms with Crippen LogP contribution >= 0.6 is 0 Å². The summed E-state index contributed by atoms with van der Waals surface area (Å²) in [6, 6.07) is 5.69. The minimum absolute atomic E-state index is 0.0492. The summed E-state index contributed by atoms with van der Waals surface area (Å²) in [5, 5.41) is 9.05. The van der Waals surface area contributed by atoms with Crippen molar-refractivity contribution in [1.82, 2.24) is 4.98 Å². The molecule has 0 radical (unpaired) electrons. The van der Waals surface area contributed by atoms with Crippen molar-refractivity contribution in [1.29, 1.82) is 0 Å². The predicted octanol–water partition coefficient (Wildman–Crippen LogP) is 2.64. The normalized spacial score (nSPS) is 11.2. The van der Waals surface area contributed by atoms with E-state index in [1.165, 1.54) is 18.3 Å². The average Bonchev–Trinajstić information content (AvgIpc) is 2.51. The third-order valence-electron chi connectivity index (χ3n) is 3.13. The van der Waals surface area contributed by atoms with Gasteiger partial charge in [-0.3, -0.25) is 4.98 Å². The zero-order chi connectivity index (χ0) is 17.0. The molecule has 0 saturated heterocycles. The molecule has 0 spiro atoms. The number of aromatic nitrogens is 1. The Labute approximate surface area is 134 Å². The smallest absolute Gasteiger partial charge is 0.335 e. The quantitative estimate of drug-likeness (QED) is 0.872. The van der Waals surface area contributed by atoms with E-state index in [0.717, 1.165) is 18.7 Å². The largest absolute Gasteiger partial charge is 0.492 e. The summed E-state index contributed by atoms with van der Waals surface area (Å²) in [6.07, 6.45) is 4.95. The number of aromatic carboxylic acids is 1. The summed E-state index contributed by atoms with van der Waals surface area (Å²) < 4.78 is 29.5. The number of carboxylic acids is 1. The van der Waals surface area contributed by atoms with Gasteiger partial charge in [0, 0.05) is 23.6 Å². The zero-order valence-electron chi connectivity index (χ0n) is 12.8. The van der Waals surface area contributed by atoms with Crippen molar-refractivity contribution in [2.24, 2.45) is 0 Å². The standard InChI is InChI=1S/C16H17NO5S/c1-3-6-22-13-7-12(9-17-10-13)14-5-4-11(16(18)19)8-15(14)23(2,20)21/h4-5,7-10H,3,6H2,1-2H3,(H,18,19). The Morgan fingerprint density at radius 2 is 2.00 bits per heavy atom. The van der Waals surface area contributed by atoms with Crippen LogP contribution in [0.3, 0.4) is 0 Å². The van der Waals surface area contributed by atoms with E-state index in [9.17, 15) is 13.2 Å². The number of benzene rings is 1. The third-order valence-corrected chi connectivity index (χ3v) is 4.26. The van der Waals surface area contributed by atoms with Gasteiger partial charge in [-0.1, -0.05) is 13.0 Å². The molecule has 6 nitrogen and oxygen atoms in total. The fourth-order valence-electron chi connectivity index (χ4n) is 2.07. The van der Waals surface area contributed by atoms with Crippen molar-refractivity contribution < 1.29 is 23.1 Å². The Bertz CT molecular complexity index is 830. The molecule has 1 heterocycles. The van der Waals surface area contributed by atoms with Gasteiger partial charge in [0.1, 0.15) is 5.75 Å². The van der Waals surface area contributed by atoms with Crippen LogP contribution in [0.2, 0.25) is 0 Å². The summed E-state index contributed by atoms with van der Waals surface area (Å²) >= 11 is 0. The van der Waals surface area contributed by atoms with E-state index in [0.29, 0.717) is 23.5 Å². The van der Waals surface area contributed by atoms with E-state index in [2.05, 4.69) is 4.98 Å². The van der Waals surface area contributed by atoms with Crippen LogP contribution in [0.25, 0.3) is 11.1 Å². The molecule has 122 valence electrons. The molecule has 23 heavy (non-hydrogen) atoms. The molecular weight excluding hydrogens is 318 g/mol. The highest BCUT2D eigenvalue weighted by Crippen LogP contribution is 2.30. The molecule has 0 atom stereocenters. The minimum atomic E-state index is -3.60. The second-order valence-corrected chi connectivity index (χ2v) is 7.03. The van der Waals surface area contributed by atoms with Gasteiger partial charge in [-0.25, -0.2) is 13.2 Å². The Balaban J connectivity index is 2.57. The van der Waals surface area contributed by atoms with Gasteiger partial charge in [0.25, 0.3) is 0 Å². The maximum atomic E-state index is 12.0. The number of carbonyl (C=O) groups is 1. The first-order chi connectivity index (χ1) is 10.8. The van der Waals surface area contributed by atoms with Crippen molar-refractivity contribution in [2.45, 2.75) is 18.2 Å². The van der Waals surface area contributed by atoms with Gasteiger partial charge in [0.2, 0.25) is 0 Å². The Kier molecular flexibility index (Phi) is 5.00. The van der Waals surface area contributed by atoms with Gasteiger partial charge in [0.15, 0.2) is 9.84 Å². The Hall–Kier alpha value is -2.41. The summed E-state index contributed by atoms with van der Waals surface area (Å²) in [5.74, 6) is -0.647. The van der Waals surface area contributed by atoms with Crippen LogP contribution in [0.1, 0.15) is 23.7 Å². The minimum Gasteiger partial charge on any atom is -0.492 e. The van der Waals surface area contributed by atoms with Gasteiger partial charge in [-0.05, 0) is 24.6 Å². The van der Waals surface area contributed by atoms with Crippen LogP contribution in [-0.2, 0) is 9.84 Å². The van der Waals surface area contributed by atoms with Gasteiger partial charge in [0.05, 0.1) is 23.3 Å². The van der Waals surface area contributed by atoms with Gasteiger partial charge in [-0.2, -0.15) is 0 Å². The van der Waals surface area contributed by atoms with E-state index in [-0.39, 0.29) is 10.5 Å². The second-order valence-electron chi connectivity index (χ2n) is 5.05. The number of nitrogens with zero attached hydrogens (tertiary/aromatic N) is 1. The molecule has 1 aromatic carbocycles. The molecular formula is C16H17NO5S. The zero-order valence-corrected chi connectivity index (χ0v) is 13.6. The third kappa shape index (κ3) is 4.07.